The Hall–Kier alpha value is -1.66. The molecule has 2 aliphatic rings. The number of carbonyl (C=O) groups is 2. The van der Waals surface area contributed by atoms with Crippen LogP contribution in [0, 0.1) is 29.1 Å². The Balaban J connectivity index is 1.98. The maximum Gasteiger partial charge on any atom is 0.311 e. The van der Waals surface area contributed by atoms with Crippen molar-refractivity contribution in [3.8, 4) is 0 Å². The number of hydrogen-bond acceptors (Lipinski definition) is 6. The van der Waals surface area contributed by atoms with Crippen LogP contribution in [0.4, 0.5) is 0 Å². The molecule has 0 aromatic rings. The first-order chi connectivity index (χ1) is 14.8. The van der Waals surface area contributed by atoms with Crippen LogP contribution in [0.2, 0.25) is 0 Å². The fourth-order valence-corrected chi connectivity index (χ4v) is 3.69. The summed E-state index contributed by atoms with van der Waals surface area (Å²) in [6, 6.07) is 0. The molecule has 0 amide bonds. The summed E-state index contributed by atoms with van der Waals surface area (Å²) in [5, 5.41) is 0. The van der Waals surface area contributed by atoms with Crippen molar-refractivity contribution in [1.29, 1.82) is 0 Å². The SMILES string of the molecule is CCCCC1C=CC(/C=C/C(C)(C)C(C)C(=O)OCC2CO2)CC1C(=O)OCOCC. The van der Waals surface area contributed by atoms with Crippen LogP contribution in [0.1, 0.15) is 60.3 Å². The molecule has 0 radical (unpaired) electrons. The van der Waals surface area contributed by atoms with E-state index in [4.69, 9.17) is 18.9 Å². The van der Waals surface area contributed by atoms with Gasteiger partial charge in [-0.25, -0.2) is 0 Å². The maximum absolute atomic E-state index is 12.7. The molecule has 6 nitrogen and oxygen atoms in total. The minimum absolute atomic E-state index is 0.00903. The second kappa shape index (κ2) is 12.4. The van der Waals surface area contributed by atoms with Gasteiger partial charge in [0, 0.05) is 6.61 Å². The third-order valence-corrected chi connectivity index (χ3v) is 6.39. The average Bonchev–Trinajstić information content (AvgIpc) is 3.59. The molecule has 2 rings (SSSR count). The molecule has 0 saturated carbocycles. The molecule has 0 aromatic heterocycles. The summed E-state index contributed by atoms with van der Waals surface area (Å²) in [6.45, 7) is 11.5. The Morgan fingerprint density at radius 1 is 1.23 bits per heavy atom. The van der Waals surface area contributed by atoms with E-state index in [0.29, 0.717) is 26.2 Å². The highest BCUT2D eigenvalue weighted by atomic mass is 16.7. The van der Waals surface area contributed by atoms with Gasteiger partial charge in [0.2, 0.25) is 0 Å². The van der Waals surface area contributed by atoms with Crippen molar-refractivity contribution in [1.82, 2.24) is 0 Å². The van der Waals surface area contributed by atoms with Gasteiger partial charge in [0.05, 0.1) is 18.4 Å². The Morgan fingerprint density at radius 3 is 2.61 bits per heavy atom. The Kier molecular flexibility index (Phi) is 10.2. The molecule has 0 bridgehead atoms. The number of allylic oxidation sites excluding steroid dienone is 4. The van der Waals surface area contributed by atoms with E-state index in [1.54, 1.807) is 0 Å². The van der Waals surface area contributed by atoms with E-state index in [1.807, 2.05) is 27.7 Å². The van der Waals surface area contributed by atoms with Gasteiger partial charge in [-0.2, -0.15) is 0 Å². The number of hydrogen-bond donors (Lipinski definition) is 0. The van der Waals surface area contributed by atoms with Crippen molar-refractivity contribution in [3.05, 3.63) is 24.3 Å². The number of carbonyl (C=O) groups excluding carboxylic acids is 2. The minimum atomic E-state index is -0.362. The second-order valence-electron chi connectivity index (χ2n) is 9.26. The van der Waals surface area contributed by atoms with E-state index in [0.717, 1.165) is 19.3 Å². The molecule has 176 valence electrons. The van der Waals surface area contributed by atoms with Crippen LogP contribution in [0.3, 0.4) is 0 Å². The van der Waals surface area contributed by atoms with Gasteiger partial charge in [-0.3, -0.25) is 9.59 Å². The van der Waals surface area contributed by atoms with Gasteiger partial charge in [0.25, 0.3) is 0 Å². The standard InChI is InChI=1S/C25H40O6/c1-6-8-9-20-11-10-19(14-22(20)24(27)31-17-28-7-2)12-13-25(4,5)18(3)23(26)30-16-21-15-29-21/h10-13,18-22H,6-9,14-17H2,1-5H3/b13-12+. The highest BCUT2D eigenvalue weighted by Gasteiger charge is 2.35. The highest BCUT2D eigenvalue weighted by Crippen LogP contribution is 2.36. The predicted octanol–water partition coefficient (Wildman–Crippen LogP) is 4.68. The van der Waals surface area contributed by atoms with Crippen molar-refractivity contribution >= 4 is 11.9 Å². The third kappa shape index (κ3) is 8.41. The predicted molar refractivity (Wildman–Crippen MR) is 119 cm³/mol. The summed E-state index contributed by atoms with van der Waals surface area (Å²) in [7, 11) is 0. The third-order valence-electron chi connectivity index (χ3n) is 6.39. The van der Waals surface area contributed by atoms with E-state index in [-0.39, 0.29) is 53.9 Å². The summed E-state index contributed by atoms with van der Waals surface area (Å²) in [5.41, 5.74) is -0.362. The Morgan fingerprint density at radius 2 is 1.97 bits per heavy atom. The Bertz CT molecular complexity index is 634. The lowest BCUT2D eigenvalue weighted by Crippen LogP contribution is -2.31. The molecule has 1 aliphatic carbocycles. The van der Waals surface area contributed by atoms with Crippen molar-refractivity contribution in [2.75, 3.05) is 26.6 Å². The fraction of sp³-hybridized carbons (Fsp3) is 0.760. The summed E-state index contributed by atoms with van der Waals surface area (Å²) in [6.07, 6.45) is 12.5. The molecule has 1 fully saturated rings. The fourth-order valence-electron chi connectivity index (χ4n) is 3.69. The Labute approximate surface area is 187 Å². The molecular weight excluding hydrogens is 396 g/mol. The number of rotatable bonds is 13. The van der Waals surface area contributed by atoms with E-state index in [1.165, 1.54) is 0 Å². The summed E-state index contributed by atoms with van der Waals surface area (Å²) in [4.78, 5) is 25.1. The molecule has 31 heavy (non-hydrogen) atoms. The zero-order valence-electron chi connectivity index (χ0n) is 19.8. The van der Waals surface area contributed by atoms with Gasteiger partial charge in [0.1, 0.15) is 12.7 Å². The molecule has 5 atom stereocenters. The smallest absolute Gasteiger partial charge is 0.311 e. The molecule has 0 aromatic carbocycles. The largest absolute Gasteiger partial charge is 0.463 e. The van der Waals surface area contributed by atoms with Gasteiger partial charge in [0.15, 0.2) is 6.79 Å². The van der Waals surface area contributed by atoms with Crippen LogP contribution in [0.25, 0.3) is 0 Å². The van der Waals surface area contributed by atoms with Crippen LogP contribution in [-0.2, 0) is 28.5 Å². The first kappa shape index (κ1) is 25.6. The first-order valence-corrected chi connectivity index (χ1v) is 11.7. The number of epoxide rings is 1. The van der Waals surface area contributed by atoms with Gasteiger partial charge in [-0.15, -0.1) is 0 Å². The van der Waals surface area contributed by atoms with E-state index >= 15 is 0 Å². The zero-order chi connectivity index (χ0) is 22.9. The number of ether oxygens (including phenoxy) is 4. The second-order valence-corrected chi connectivity index (χ2v) is 9.26. The van der Waals surface area contributed by atoms with Crippen molar-refractivity contribution < 1.29 is 28.5 Å². The minimum Gasteiger partial charge on any atom is -0.463 e. The molecule has 0 N–H and O–H groups in total. The topological polar surface area (TPSA) is 74.4 Å². The van der Waals surface area contributed by atoms with Crippen molar-refractivity contribution in [2.24, 2.45) is 29.1 Å². The normalized spacial score (nSPS) is 26.6. The molecule has 1 saturated heterocycles. The summed E-state index contributed by atoms with van der Waals surface area (Å²) >= 11 is 0. The molecule has 6 heteroatoms. The van der Waals surface area contributed by atoms with Crippen LogP contribution in [0.15, 0.2) is 24.3 Å². The van der Waals surface area contributed by atoms with Gasteiger partial charge in [-0.1, -0.05) is 64.8 Å². The van der Waals surface area contributed by atoms with E-state index < -0.39 is 0 Å². The number of esters is 2. The van der Waals surface area contributed by atoms with Crippen LogP contribution >= 0.6 is 0 Å². The van der Waals surface area contributed by atoms with Gasteiger partial charge < -0.3 is 18.9 Å². The monoisotopic (exact) mass is 436 g/mol. The lowest BCUT2D eigenvalue weighted by molar-refractivity contribution is -0.163. The lowest BCUT2D eigenvalue weighted by atomic mass is 9.75. The number of unbranched alkanes of at least 4 members (excludes halogenated alkanes) is 1. The van der Waals surface area contributed by atoms with E-state index in [9.17, 15) is 9.59 Å². The molecular formula is C25H40O6. The first-order valence-electron chi connectivity index (χ1n) is 11.7. The van der Waals surface area contributed by atoms with Crippen LogP contribution in [0.5, 0.6) is 0 Å². The van der Waals surface area contributed by atoms with Gasteiger partial charge in [-0.05, 0) is 37.0 Å². The van der Waals surface area contributed by atoms with E-state index in [2.05, 4.69) is 31.2 Å². The molecule has 0 spiro atoms. The highest BCUT2D eigenvalue weighted by molar-refractivity contribution is 5.74. The van der Waals surface area contributed by atoms with Crippen LogP contribution in [-0.4, -0.2) is 44.7 Å². The molecule has 5 unspecified atom stereocenters. The molecule has 1 aliphatic heterocycles. The molecule has 1 heterocycles. The van der Waals surface area contributed by atoms with Gasteiger partial charge >= 0.3 is 11.9 Å². The maximum atomic E-state index is 12.7. The zero-order valence-corrected chi connectivity index (χ0v) is 19.8. The quantitative estimate of drug-likeness (QED) is 0.137. The van der Waals surface area contributed by atoms with Crippen LogP contribution < -0.4 is 0 Å². The summed E-state index contributed by atoms with van der Waals surface area (Å²) in [5.74, 6) is -0.512. The van der Waals surface area contributed by atoms with Crippen molar-refractivity contribution in [2.45, 2.75) is 66.4 Å². The summed E-state index contributed by atoms with van der Waals surface area (Å²) < 4.78 is 21.0. The average molecular weight is 437 g/mol. The lowest BCUT2D eigenvalue weighted by Gasteiger charge is -2.31. The van der Waals surface area contributed by atoms with Crippen molar-refractivity contribution in [3.63, 3.8) is 0 Å².